The zero-order chi connectivity index (χ0) is 12.8. The molecule has 0 saturated heterocycles. The van der Waals surface area contributed by atoms with E-state index in [2.05, 4.69) is 44.1 Å². The predicted molar refractivity (Wildman–Crippen MR) is 72.0 cm³/mol. The second-order valence-corrected chi connectivity index (χ2v) is 5.75. The maximum atomic E-state index is 6.00. The minimum absolute atomic E-state index is 0.0152. The summed E-state index contributed by atoms with van der Waals surface area (Å²) in [6.45, 7) is 8.63. The first-order valence-corrected chi connectivity index (χ1v) is 6.04. The fourth-order valence-electron chi connectivity index (χ4n) is 2.50. The van der Waals surface area contributed by atoms with Crippen LogP contribution in [0.25, 0.3) is 10.9 Å². The van der Waals surface area contributed by atoms with Gasteiger partial charge >= 0.3 is 0 Å². The lowest BCUT2D eigenvalue weighted by Gasteiger charge is -2.19. The summed E-state index contributed by atoms with van der Waals surface area (Å²) in [6.07, 6.45) is 0. The summed E-state index contributed by atoms with van der Waals surface area (Å²) in [7, 11) is 2.01. The molecule has 0 fully saturated rings. The minimum Gasteiger partial charge on any atom is -0.324 e. The molecule has 0 bridgehead atoms. The molecule has 2 rings (SSSR count). The fraction of sp³-hybridized carbons (Fsp3) is 0.500. The Kier molecular flexibility index (Phi) is 2.74. The lowest BCUT2D eigenvalue weighted by molar-refractivity contribution is 0.528. The van der Waals surface area contributed by atoms with Gasteiger partial charge in [0.25, 0.3) is 0 Å². The molecule has 0 amide bonds. The van der Waals surface area contributed by atoms with Gasteiger partial charge in [0.2, 0.25) is 0 Å². The molecule has 1 atom stereocenters. The molecule has 0 saturated carbocycles. The molecule has 0 spiro atoms. The van der Waals surface area contributed by atoms with E-state index in [4.69, 9.17) is 5.73 Å². The Labute approximate surface area is 103 Å². The van der Waals surface area contributed by atoms with Crippen LogP contribution < -0.4 is 5.73 Å². The molecular weight excluding hydrogens is 210 g/mol. The summed E-state index contributed by atoms with van der Waals surface area (Å²) >= 11 is 0. The van der Waals surface area contributed by atoms with Gasteiger partial charge in [-0.2, -0.15) is 5.10 Å². The van der Waals surface area contributed by atoms with Gasteiger partial charge in [-0.3, -0.25) is 4.68 Å². The minimum atomic E-state index is 0.0152. The van der Waals surface area contributed by atoms with Gasteiger partial charge in [0.05, 0.1) is 11.2 Å². The summed E-state index contributed by atoms with van der Waals surface area (Å²) in [5.41, 5.74) is 9.50. The third kappa shape index (κ3) is 1.95. The molecule has 0 aliphatic rings. The third-order valence-electron chi connectivity index (χ3n) is 3.10. The highest BCUT2D eigenvalue weighted by molar-refractivity contribution is 5.85. The molecule has 92 valence electrons. The molecule has 1 heterocycles. The van der Waals surface area contributed by atoms with Crippen molar-refractivity contribution in [3.63, 3.8) is 0 Å². The first-order chi connectivity index (χ1) is 7.82. The standard InChI is InChI=1S/C14H21N3/c1-9(15)10-7-6-8-11-12(10)16-17(5)13(11)14(2,3)4/h6-9H,15H2,1-5H3. The lowest BCUT2D eigenvalue weighted by Crippen LogP contribution is -2.16. The summed E-state index contributed by atoms with van der Waals surface area (Å²) in [5.74, 6) is 0. The Balaban J connectivity index is 2.81. The van der Waals surface area contributed by atoms with Crippen LogP contribution in [-0.4, -0.2) is 9.78 Å². The number of hydrogen-bond donors (Lipinski definition) is 1. The average molecular weight is 231 g/mol. The quantitative estimate of drug-likeness (QED) is 0.820. The van der Waals surface area contributed by atoms with E-state index in [9.17, 15) is 0 Å². The second-order valence-electron chi connectivity index (χ2n) is 5.75. The van der Waals surface area contributed by atoms with E-state index in [-0.39, 0.29) is 11.5 Å². The molecule has 3 nitrogen and oxygen atoms in total. The van der Waals surface area contributed by atoms with Gasteiger partial charge in [0, 0.05) is 23.9 Å². The molecular formula is C14H21N3. The number of fused-ring (bicyclic) bond motifs is 1. The second kappa shape index (κ2) is 3.84. The Morgan fingerprint density at radius 1 is 1.29 bits per heavy atom. The van der Waals surface area contributed by atoms with E-state index < -0.39 is 0 Å². The smallest absolute Gasteiger partial charge is 0.0973 e. The molecule has 2 aromatic rings. The van der Waals surface area contributed by atoms with Crippen LogP contribution in [0, 0.1) is 0 Å². The van der Waals surface area contributed by atoms with E-state index in [1.54, 1.807) is 0 Å². The molecule has 1 unspecified atom stereocenters. The van der Waals surface area contributed by atoms with Crippen LogP contribution in [-0.2, 0) is 12.5 Å². The Bertz CT molecular complexity index is 544. The van der Waals surface area contributed by atoms with Crippen LogP contribution in [0.1, 0.15) is 45.0 Å². The molecule has 0 aliphatic carbocycles. The number of aryl methyl sites for hydroxylation is 1. The monoisotopic (exact) mass is 231 g/mol. The number of nitrogens with two attached hydrogens (primary N) is 1. The van der Waals surface area contributed by atoms with Crippen molar-refractivity contribution in [3.05, 3.63) is 29.5 Å². The zero-order valence-electron chi connectivity index (χ0n) is 11.3. The van der Waals surface area contributed by atoms with Gasteiger partial charge in [-0.15, -0.1) is 0 Å². The van der Waals surface area contributed by atoms with Crippen molar-refractivity contribution in [2.24, 2.45) is 12.8 Å². The normalized spacial score (nSPS) is 14.2. The van der Waals surface area contributed by atoms with E-state index in [1.165, 1.54) is 11.1 Å². The van der Waals surface area contributed by atoms with Crippen molar-refractivity contribution in [3.8, 4) is 0 Å². The zero-order valence-corrected chi connectivity index (χ0v) is 11.3. The van der Waals surface area contributed by atoms with Crippen LogP contribution in [0.2, 0.25) is 0 Å². The van der Waals surface area contributed by atoms with E-state index in [1.807, 2.05) is 18.7 Å². The van der Waals surface area contributed by atoms with Crippen LogP contribution in [0.3, 0.4) is 0 Å². The van der Waals surface area contributed by atoms with Gasteiger partial charge in [0.1, 0.15) is 0 Å². The Morgan fingerprint density at radius 3 is 2.47 bits per heavy atom. The van der Waals surface area contributed by atoms with Gasteiger partial charge in [-0.25, -0.2) is 0 Å². The summed E-state index contributed by atoms with van der Waals surface area (Å²) in [5, 5.41) is 5.85. The van der Waals surface area contributed by atoms with Crippen LogP contribution in [0.4, 0.5) is 0 Å². The molecule has 2 N–H and O–H groups in total. The van der Waals surface area contributed by atoms with Crippen molar-refractivity contribution in [2.75, 3.05) is 0 Å². The highest BCUT2D eigenvalue weighted by atomic mass is 15.3. The van der Waals surface area contributed by atoms with E-state index in [0.717, 1.165) is 11.1 Å². The van der Waals surface area contributed by atoms with Crippen molar-refractivity contribution in [1.29, 1.82) is 0 Å². The first-order valence-electron chi connectivity index (χ1n) is 6.04. The molecule has 3 heteroatoms. The predicted octanol–water partition coefficient (Wildman–Crippen LogP) is 2.89. The van der Waals surface area contributed by atoms with Gasteiger partial charge in [-0.1, -0.05) is 39.0 Å². The van der Waals surface area contributed by atoms with Crippen molar-refractivity contribution in [1.82, 2.24) is 9.78 Å². The number of benzene rings is 1. The average Bonchev–Trinajstić information content (AvgIpc) is 2.51. The molecule has 17 heavy (non-hydrogen) atoms. The Morgan fingerprint density at radius 2 is 1.94 bits per heavy atom. The van der Waals surface area contributed by atoms with Crippen LogP contribution in [0.5, 0.6) is 0 Å². The maximum absolute atomic E-state index is 6.00. The fourth-order valence-corrected chi connectivity index (χ4v) is 2.50. The van der Waals surface area contributed by atoms with E-state index >= 15 is 0 Å². The number of rotatable bonds is 1. The molecule has 1 aromatic carbocycles. The van der Waals surface area contributed by atoms with Gasteiger partial charge < -0.3 is 5.73 Å². The number of hydrogen-bond acceptors (Lipinski definition) is 2. The van der Waals surface area contributed by atoms with Crippen molar-refractivity contribution in [2.45, 2.75) is 39.2 Å². The summed E-state index contributed by atoms with van der Waals surface area (Å²) < 4.78 is 1.98. The maximum Gasteiger partial charge on any atom is 0.0973 e. The summed E-state index contributed by atoms with van der Waals surface area (Å²) in [4.78, 5) is 0. The van der Waals surface area contributed by atoms with Gasteiger partial charge in [0.15, 0.2) is 0 Å². The topological polar surface area (TPSA) is 43.8 Å². The lowest BCUT2D eigenvalue weighted by atomic mass is 9.89. The highest BCUT2D eigenvalue weighted by Crippen LogP contribution is 2.32. The third-order valence-corrected chi connectivity index (χ3v) is 3.10. The Hall–Kier alpha value is -1.35. The van der Waals surface area contributed by atoms with E-state index in [0.29, 0.717) is 0 Å². The number of aromatic nitrogens is 2. The summed E-state index contributed by atoms with van der Waals surface area (Å²) in [6, 6.07) is 6.28. The molecule has 0 aliphatic heterocycles. The largest absolute Gasteiger partial charge is 0.324 e. The SMILES string of the molecule is CC(N)c1cccc2c(C(C)(C)C)n(C)nc12. The first kappa shape index (κ1) is 12.1. The number of nitrogens with zero attached hydrogens (tertiary/aromatic N) is 2. The van der Waals surface area contributed by atoms with Crippen molar-refractivity contribution < 1.29 is 0 Å². The van der Waals surface area contributed by atoms with Crippen LogP contribution in [0.15, 0.2) is 18.2 Å². The molecule has 0 radical (unpaired) electrons. The van der Waals surface area contributed by atoms with Crippen molar-refractivity contribution >= 4 is 10.9 Å². The molecule has 1 aromatic heterocycles. The highest BCUT2D eigenvalue weighted by Gasteiger charge is 2.23. The van der Waals surface area contributed by atoms with Gasteiger partial charge in [-0.05, 0) is 12.5 Å². The van der Waals surface area contributed by atoms with Crippen LogP contribution >= 0.6 is 0 Å².